The van der Waals surface area contributed by atoms with E-state index in [4.69, 9.17) is 21.1 Å². The molecule has 1 N–H and O–H groups in total. The third-order valence-corrected chi connectivity index (χ3v) is 9.29. The number of hydrogen-bond acceptors (Lipinski definition) is 7. The van der Waals surface area contributed by atoms with Gasteiger partial charge in [-0.05, 0) is 102 Å². The Labute approximate surface area is 277 Å². The number of amides is 2. The van der Waals surface area contributed by atoms with Gasteiger partial charge < -0.3 is 29.5 Å². The van der Waals surface area contributed by atoms with Crippen LogP contribution in [0.4, 0.5) is 4.79 Å². The van der Waals surface area contributed by atoms with Crippen LogP contribution < -0.4 is 5.32 Å². The molecule has 9 nitrogen and oxygen atoms in total. The van der Waals surface area contributed by atoms with Gasteiger partial charge in [0.1, 0.15) is 17.6 Å². The maximum atomic E-state index is 13.4. The van der Waals surface area contributed by atoms with Crippen molar-refractivity contribution in [1.82, 2.24) is 20.0 Å². The Kier molecular flexibility index (Phi) is 11.3. The van der Waals surface area contributed by atoms with Crippen LogP contribution in [0.3, 0.4) is 0 Å². The lowest BCUT2D eigenvalue weighted by Crippen LogP contribution is -2.42. The topological polar surface area (TPSA) is 91.4 Å². The molecule has 0 spiro atoms. The predicted molar refractivity (Wildman–Crippen MR) is 179 cm³/mol. The van der Waals surface area contributed by atoms with Gasteiger partial charge in [-0.15, -0.1) is 0 Å². The van der Waals surface area contributed by atoms with Crippen molar-refractivity contribution in [1.29, 1.82) is 0 Å². The Balaban J connectivity index is 1.06. The van der Waals surface area contributed by atoms with Crippen LogP contribution in [0.15, 0.2) is 66.4 Å². The number of benzene rings is 1. The van der Waals surface area contributed by atoms with Crippen LogP contribution in [0.5, 0.6) is 0 Å². The first-order chi connectivity index (χ1) is 22.0. The number of likely N-dealkylation sites (tertiary alicyclic amines) is 2. The summed E-state index contributed by atoms with van der Waals surface area (Å²) in [5, 5.41) is 3.71. The van der Waals surface area contributed by atoms with Crippen molar-refractivity contribution in [3.63, 3.8) is 0 Å². The van der Waals surface area contributed by atoms with Crippen LogP contribution in [0, 0.1) is 5.92 Å². The Hall–Kier alpha value is -3.56. The molecule has 3 aliphatic heterocycles. The molecule has 0 unspecified atom stereocenters. The summed E-state index contributed by atoms with van der Waals surface area (Å²) in [6, 6.07) is 5.71. The highest BCUT2D eigenvalue weighted by Gasteiger charge is 2.28. The predicted octanol–water partition coefficient (Wildman–Crippen LogP) is 6.39. The Morgan fingerprint density at radius 2 is 1.83 bits per heavy atom. The number of carbonyl (C=O) groups is 3. The molecule has 0 saturated carbocycles. The molecule has 5 rings (SSSR count). The normalized spacial score (nSPS) is 19.9. The number of hydrogen-bond donors (Lipinski definition) is 1. The minimum Gasteiger partial charge on any atom is -0.462 e. The van der Waals surface area contributed by atoms with Gasteiger partial charge in [0.25, 0.3) is 5.91 Å². The molecule has 2 saturated heterocycles. The number of allylic oxidation sites excluding steroid dienone is 4. The van der Waals surface area contributed by atoms with Crippen LogP contribution in [0.2, 0.25) is 5.02 Å². The number of ketones is 1. The van der Waals surface area contributed by atoms with Gasteiger partial charge in [0.15, 0.2) is 5.78 Å². The van der Waals surface area contributed by atoms with E-state index in [-0.39, 0.29) is 17.8 Å². The minimum absolute atomic E-state index is 0.0712. The average Bonchev–Trinajstić information content (AvgIpc) is 3.03. The quantitative estimate of drug-likeness (QED) is 0.331. The SMILES string of the molecule is CC(C)(C)OC(=O)N1CCC(CCNC(=O)c2cc(Cl)ccc2C2CCN(CCN3C=COC(C4=CC=CC(=O)C4)=C3)CC2)CC1. The number of rotatable bonds is 9. The standard InChI is InChI=1S/C36H47ClN4O5/c1-36(2,3)46-35(44)41-17-10-26(11-18-41)9-14-38-34(43)32-24-29(37)7-8-31(32)27-12-15-39(16-13-27)19-20-40-21-22-45-33(25-40)28-5-4-6-30(42)23-28/h4-8,21-22,24-27H,9-20,23H2,1-3H3,(H,38,43). The molecule has 2 fully saturated rings. The fraction of sp³-hybridized carbons (Fsp3) is 0.528. The van der Waals surface area contributed by atoms with Crippen molar-refractivity contribution in [3.8, 4) is 0 Å². The van der Waals surface area contributed by atoms with Gasteiger partial charge >= 0.3 is 6.09 Å². The van der Waals surface area contributed by atoms with Gasteiger partial charge in [0, 0.05) is 67.7 Å². The molecule has 0 radical (unpaired) electrons. The highest BCUT2D eigenvalue weighted by atomic mass is 35.5. The first-order valence-electron chi connectivity index (χ1n) is 16.5. The highest BCUT2D eigenvalue weighted by Crippen LogP contribution is 2.32. The lowest BCUT2D eigenvalue weighted by molar-refractivity contribution is -0.114. The number of carbonyl (C=O) groups excluding carboxylic acids is 3. The van der Waals surface area contributed by atoms with Gasteiger partial charge in [0.05, 0.1) is 0 Å². The summed E-state index contributed by atoms with van der Waals surface area (Å²) in [5.74, 6) is 1.49. The molecule has 46 heavy (non-hydrogen) atoms. The van der Waals surface area contributed by atoms with Gasteiger partial charge in [-0.1, -0.05) is 29.8 Å². The second-order valence-electron chi connectivity index (χ2n) is 13.6. The van der Waals surface area contributed by atoms with E-state index >= 15 is 0 Å². The summed E-state index contributed by atoms with van der Waals surface area (Å²) in [4.78, 5) is 43.9. The molecular formula is C36H47ClN4O5. The van der Waals surface area contributed by atoms with Crippen molar-refractivity contribution in [2.45, 2.75) is 70.8 Å². The summed E-state index contributed by atoms with van der Waals surface area (Å²) >= 11 is 6.36. The molecule has 0 atom stereocenters. The maximum absolute atomic E-state index is 13.4. The van der Waals surface area contributed by atoms with E-state index in [9.17, 15) is 14.4 Å². The van der Waals surface area contributed by atoms with Crippen molar-refractivity contribution in [2.24, 2.45) is 5.92 Å². The van der Waals surface area contributed by atoms with Crippen LogP contribution in [-0.2, 0) is 14.3 Å². The lowest BCUT2D eigenvalue weighted by Gasteiger charge is -2.34. The summed E-state index contributed by atoms with van der Waals surface area (Å²) < 4.78 is 11.2. The molecule has 10 heteroatoms. The van der Waals surface area contributed by atoms with E-state index in [1.54, 1.807) is 29.4 Å². The number of nitrogens with one attached hydrogen (secondary N) is 1. The molecule has 0 aromatic heterocycles. The Morgan fingerprint density at radius 3 is 2.54 bits per heavy atom. The molecule has 1 aliphatic carbocycles. The monoisotopic (exact) mass is 650 g/mol. The fourth-order valence-electron chi connectivity index (χ4n) is 6.47. The number of piperidine rings is 2. The smallest absolute Gasteiger partial charge is 0.410 e. The zero-order valence-electron chi connectivity index (χ0n) is 27.3. The van der Waals surface area contributed by atoms with E-state index < -0.39 is 5.60 Å². The van der Waals surface area contributed by atoms with Crippen LogP contribution in [0.25, 0.3) is 0 Å². The third-order valence-electron chi connectivity index (χ3n) is 9.06. The third kappa shape index (κ3) is 9.48. The van der Waals surface area contributed by atoms with Gasteiger partial charge in [-0.2, -0.15) is 0 Å². The zero-order chi connectivity index (χ0) is 32.7. The summed E-state index contributed by atoms with van der Waals surface area (Å²) in [6.07, 6.45) is 15.6. The molecule has 4 aliphatic rings. The van der Waals surface area contributed by atoms with Crippen molar-refractivity contribution in [2.75, 3.05) is 45.8 Å². The van der Waals surface area contributed by atoms with E-state index in [1.807, 2.05) is 51.4 Å². The van der Waals surface area contributed by atoms with E-state index in [1.165, 1.54) is 0 Å². The number of nitrogens with zero attached hydrogens (tertiary/aromatic N) is 3. The van der Waals surface area contributed by atoms with Gasteiger partial charge in [0.2, 0.25) is 0 Å². The Bertz CT molecular complexity index is 1400. The van der Waals surface area contributed by atoms with Crippen LogP contribution in [0.1, 0.15) is 81.1 Å². The Morgan fingerprint density at radius 1 is 1.07 bits per heavy atom. The lowest BCUT2D eigenvalue weighted by atomic mass is 9.86. The fourth-order valence-corrected chi connectivity index (χ4v) is 6.64. The minimum atomic E-state index is -0.492. The maximum Gasteiger partial charge on any atom is 0.410 e. The molecular weight excluding hydrogens is 604 g/mol. The van der Waals surface area contributed by atoms with Crippen molar-refractivity contribution >= 4 is 29.4 Å². The molecule has 1 aromatic rings. The van der Waals surface area contributed by atoms with E-state index in [2.05, 4.69) is 15.1 Å². The molecule has 3 heterocycles. The summed E-state index contributed by atoms with van der Waals surface area (Å²) in [5.41, 5.74) is 2.15. The average molecular weight is 651 g/mol. The van der Waals surface area contributed by atoms with E-state index in [0.29, 0.717) is 48.5 Å². The van der Waals surface area contributed by atoms with Crippen LogP contribution in [-0.4, -0.2) is 83.9 Å². The first-order valence-corrected chi connectivity index (χ1v) is 16.9. The van der Waals surface area contributed by atoms with E-state index in [0.717, 1.165) is 75.2 Å². The number of ether oxygens (including phenoxy) is 2. The molecule has 1 aromatic carbocycles. The summed E-state index contributed by atoms with van der Waals surface area (Å²) in [7, 11) is 0. The zero-order valence-corrected chi connectivity index (χ0v) is 28.1. The molecule has 2 amide bonds. The second kappa shape index (κ2) is 15.4. The molecule has 248 valence electrons. The first kappa shape index (κ1) is 33.8. The van der Waals surface area contributed by atoms with Crippen molar-refractivity contribution in [3.05, 3.63) is 82.6 Å². The van der Waals surface area contributed by atoms with Crippen LogP contribution >= 0.6 is 11.6 Å². The largest absolute Gasteiger partial charge is 0.462 e. The van der Waals surface area contributed by atoms with Gasteiger partial charge in [-0.3, -0.25) is 9.59 Å². The summed E-state index contributed by atoms with van der Waals surface area (Å²) in [6.45, 7) is 11.2. The second-order valence-corrected chi connectivity index (χ2v) is 14.1. The van der Waals surface area contributed by atoms with Crippen molar-refractivity contribution < 1.29 is 23.9 Å². The number of halogens is 1. The molecule has 0 bridgehead atoms. The highest BCUT2D eigenvalue weighted by molar-refractivity contribution is 6.31. The van der Waals surface area contributed by atoms with Gasteiger partial charge in [-0.25, -0.2) is 4.79 Å².